The molecule has 19 heavy (non-hydrogen) atoms. The molecule has 6 heteroatoms. The van der Waals surface area contributed by atoms with Crippen molar-refractivity contribution < 1.29 is 19.1 Å². The van der Waals surface area contributed by atoms with Gasteiger partial charge in [0, 0.05) is 14.8 Å². The van der Waals surface area contributed by atoms with Crippen molar-refractivity contribution in [2.45, 2.75) is 32.1 Å². The van der Waals surface area contributed by atoms with Crippen LogP contribution in [0.2, 0.25) is 0 Å². The number of carbonyl (C=O) groups excluding carboxylic acids is 1. The molecule has 0 aliphatic heterocycles. The standard InChI is InChI=1S/C13H14BrFO3S/c1-4-13(2,3)12(18)19-10-5-7(11(16)17)9(15)6-8(10)14/h5-6H,4H2,1-3H3,(H,16,17). The summed E-state index contributed by atoms with van der Waals surface area (Å²) < 4.78 is 13.8. The maximum absolute atomic E-state index is 13.4. The van der Waals surface area contributed by atoms with E-state index in [2.05, 4.69) is 15.9 Å². The van der Waals surface area contributed by atoms with Crippen molar-refractivity contribution in [1.82, 2.24) is 0 Å². The Balaban J connectivity index is 3.12. The molecule has 0 spiro atoms. The van der Waals surface area contributed by atoms with Crippen LogP contribution in [0.4, 0.5) is 4.39 Å². The van der Waals surface area contributed by atoms with E-state index in [1.165, 1.54) is 6.07 Å². The monoisotopic (exact) mass is 348 g/mol. The van der Waals surface area contributed by atoms with E-state index in [-0.39, 0.29) is 5.12 Å². The zero-order valence-corrected chi connectivity index (χ0v) is 13.2. The van der Waals surface area contributed by atoms with Crippen LogP contribution < -0.4 is 0 Å². The summed E-state index contributed by atoms with van der Waals surface area (Å²) in [6, 6.07) is 2.24. The van der Waals surface area contributed by atoms with Crippen LogP contribution in [-0.2, 0) is 4.79 Å². The number of halogens is 2. The molecule has 1 aromatic rings. The van der Waals surface area contributed by atoms with Gasteiger partial charge in [-0.2, -0.15) is 0 Å². The Hall–Kier alpha value is -0.880. The fraction of sp³-hybridized carbons (Fsp3) is 0.385. The predicted octanol–water partition coefficient (Wildman–Crippen LogP) is 4.34. The molecule has 1 aromatic carbocycles. The van der Waals surface area contributed by atoms with Gasteiger partial charge in [0.15, 0.2) is 5.12 Å². The number of thioether (sulfide) groups is 1. The minimum Gasteiger partial charge on any atom is -0.478 e. The minimum atomic E-state index is -1.35. The Labute approximate surface area is 123 Å². The lowest BCUT2D eigenvalue weighted by atomic mass is 9.92. The van der Waals surface area contributed by atoms with Crippen LogP contribution in [0, 0.1) is 11.2 Å². The van der Waals surface area contributed by atoms with Gasteiger partial charge in [-0.25, -0.2) is 9.18 Å². The SMILES string of the molecule is CCC(C)(C)C(=O)Sc1cc(C(=O)O)c(F)cc1Br. The average molecular weight is 349 g/mol. The Morgan fingerprint density at radius 2 is 2.00 bits per heavy atom. The number of rotatable bonds is 4. The Morgan fingerprint density at radius 1 is 1.42 bits per heavy atom. The highest BCUT2D eigenvalue weighted by Gasteiger charge is 2.27. The highest BCUT2D eigenvalue weighted by atomic mass is 79.9. The molecule has 0 amide bonds. The molecule has 0 saturated heterocycles. The van der Waals surface area contributed by atoms with Crippen LogP contribution in [0.15, 0.2) is 21.5 Å². The largest absolute Gasteiger partial charge is 0.478 e. The molecule has 1 rings (SSSR count). The number of benzene rings is 1. The second-order valence-electron chi connectivity index (χ2n) is 4.69. The van der Waals surface area contributed by atoms with E-state index in [1.54, 1.807) is 0 Å². The molecule has 0 atom stereocenters. The van der Waals surface area contributed by atoms with E-state index in [0.717, 1.165) is 17.8 Å². The Morgan fingerprint density at radius 3 is 2.47 bits per heavy atom. The van der Waals surface area contributed by atoms with E-state index in [4.69, 9.17) is 5.11 Å². The lowest BCUT2D eigenvalue weighted by Crippen LogP contribution is -2.20. The van der Waals surface area contributed by atoms with Gasteiger partial charge in [0.2, 0.25) is 0 Å². The van der Waals surface area contributed by atoms with E-state index in [1.807, 2.05) is 20.8 Å². The van der Waals surface area contributed by atoms with E-state index < -0.39 is 22.8 Å². The number of aromatic carboxylic acids is 1. The highest BCUT2D eigenvalue weighted by molar-refractivity contribution is 9.10. The van der Waals surface area contributed by atoms with Gasteiger partial charge >= 0.3 is 5.97 Å². The third-order valence-electron chi connectivity index (χ3n) is 2.89. The molecule has 0 aliphatic rings. The zero-order chi connectivity index (χ0) is 14.8. The third-order valence-corrected chi connectivity index (χ3v) is 5.11. The molecule has 0 bridgehead atoms. The molecule has 0 saturated carbocycles. The van der Waals surface area contributed by atoms with Gasteiger partial charge < -0.3 is 5.11 Å². The zero-order valence-electron chi connectivity index (χ0n) is 10.8. The first kappa shape index (κ1) is 16.2. The fourth-order valence-corrected chi connectivity index (χ4v) is 2.67. The van der Waals surface area contributed by atoms with Crippen molar-refractivity contribution in [3.63, 3.8) is 0 Å². The van der Waals surface area contributed by atoms with Crippen molar-refractivity contribution >= 4 is 38.8 Å². The van der Waals surface area contributed by atoms with E-state index in [0.29, 0.717) is 15.8 Å². The molecule has 0 aromatic heterocycles. The van der Waals surface area contributed by atoms with Gasteiger partial charge in [-0.05, 0) is 34.5 Å². The predicted molar refractivity (Wildman–Crippen MR) is 76.0 cm³/mol. The van der Waals surface area contributed by atoms with Gasteiger partial charge in [-0.3, -0.25) is 4.79 Å². The second-order valence-corrected chi connectivity index (χ2v) is 6.56. The normalized spacial score (nSPS) is 11.4. The minimum absolute atomic E-state index is 0.0846. The van der Waals surface area contributed by atoms with Crippen LogP contribution in [-0.4, -0.2) is 16.2 Å². The van der Waals surface area contributed by atoms with Gasteiger partial charge in [0.1, 0.15) is 5.82 Å². The summed E-state index contributed by atoms with van der Waals surface area (Å²) in [4.78, 5) is 23.4. The van der Waals surface area contributed by atoms with Crippen molar-refractivity contribution in [3.8, 4) is 0 Å². The summed E-state index contributed by atoms with van der Waals surface area (Å²) in [5, 5.41) is 8.79. The first-order valence-electron chi connectivity index (χ1n) is 5.63. The van der Waals surface area contributed by atoms with Crippen molar-refractivity contribution in [3.05, 3.63) is 28.0 Å². The number of hydrogen-bond donors (Lipinski definition) is 1. The highest BCUT2D eigenvalue weighted by Crippen LogP contribution is 2.36. The third kappa shape index (κ3) is 3.79. The van der Waals surface area contributed by atoms with Crippen molar-refractivity contribution in [1.29, 1.82) is 0 Å². The molecule has 3 nitrogen and oxygen atoms in total. The fourth-order valence-electron chi connectivity index (χ4n) is 1.15. The summed E-state index contributed by atoms with van der Waals surface area (Å²) in [6.45, 7) is 5.54. The van der Waals surface area contributed by atoms with Crippen LogP contribution in [0.25, 0.3) is 0 Å². The maximum Gasteiger partial charge on any atom is 0.338 e. The topological polar surface area (TPSA) is 54.4 Å². The number of hydrogen-bond acceptors (Lipinski definition) is 3. The number of carbonyl (C=O) groups is 2. The quantitative estimate of drug-likeness (QED) is 0.822. The first-order chi connectivity index (χ1) is 8.69. The molecular formula is C13H14BrFO3S. The Bertz CT molecular complexity index is 529. The number of carboxylic acid groups (broad SMARTS) is 1. The van der Waals surface area contributed by atoms with Crippen LogP contribution >= 0.6 is 27.7 Å². The lowest BCUT2D eigenvalue weighted by molar-refractivity contribution is -0.118. The molecule has 0 unspecified atom stereocenters. The summed E-state index contributed by atoms with van der Waals surface area (Å²) in [5.41, 5.74) is -0.949. The van der Waals surface area contributed by atoms with Crippen molar-refractivity contribution in [2.75, 3.05) is 0 Å². The molecule has 0 aliphatic carbocycles. The van der Waals surface area contributed by atoms with E-state index in [9.17, 15) is 14.0 Å². The summed E-state index contributed by atoms with van der Waals surface area (Å²) in [7, 11) is 0. The van der Waals surface area contributed by atoms with Crippen molar-refractivity contribution in [2.24, 2.45) is 5.41 Å². The lowest BCUT2D eigenvalue weighted by Gasteiger charge is -2.20. The molecule has 0 fully saturated rings. The maximum atomic E-state index is 13.4. The Kier molecular flexibility index (Phi) is 5.15. The smallest absolute Gasteiger partial charge is 0.338 e. The molecule has 0 radical (unpaired) electrons. The molecule has 0 heterocycles. The van der Waals surface area contributed by atoms with Crippen LogP contribution in [0.5, 0.6) is 0 Å². The first-order valence-corrected chi connectivity index (χ1v) is 7.24. The van der Waals surface area contributed by atoms with Crippen LogP contribution in [0.1, 0.15) is 37.6 Å². The summed E-state index contributed by atoms with van der Waals surface area (Å²) in [5.74, 6) is -2.18. The summed E-state index contributed by atoms with van der Waals surface area (Å²) >= 11 is 4.07. The molecule has 104 valence electrons. The number of carboxylic acids is 1. The summed E-state index contributed by atoms with van der Waals surface area (Å²) in [6.07, 6.45) is 0.670. The van der Waals surface area contributed by atoms with E-state index >= 15 is 0 Å². The molecule has 1 N–H and O–H groups in total. The second kappa shape index (κ2) is 6.05. The average Bonchev–Trinajstić information content (AvgIpc) is 2.31. The van der Waals surface area contributed by atoms with Gasteiger partial charge in [-0.1, -0.05) is 32.5 Å². The van der Waals surface area contributed by atoms with Gasteiger partial charge in [0.05, 0.1) is 5.56 Å². The van der Waals surface area contributed by atoms with Crippen LogP contribution in [0.3, 0.4) is 0 Å². The van der Waals surface area contributed by atoms with Gasteiger partial charge in [0.25, 0.3) is 0 Å². The van der Waals surface area contributed by atoms with Gasteiger partial charge in [-0.15, -0.1) is 0 Å². The molecular weight excluding hydrogens is 335 g/mol.